The molecule has 0 heterocycles. The van der Waals surface area contributed by atoms with E-state index in [0.29, 0.717) is 5.75 Å². The summed E-state index contributed by atoms with van der Waals surface area (Å²) in [7, 11) is 0. The standard InChI is InChI=1S/C16H17NO4/c1-12-2-4-14(5-3-12)21-15-8-6-13(7-9-15)20-11-10-17-16(18)19/h2-9,17H,10-11H2,1H3,(H,18,19). The van der Waals surface area contributed by atoms with Gasteiger partial charge in [-0.15, -0.1) is 0 Å². The van der Waals surface area contributed by atoms with Gasteiger partial charge in [0.25, 0.3) is 0 Å². The van der Waals surface area contributed by atoms with Crippen molar-refractivity contribution < 1.29 is 19.4 Å². The Kier molecular flexibility index (Phi) is 5.04. The summed E-state index contributed by atoms with van der Waals surface area (Å²) >= 11 is 0. The summed E-state index contributed by atoms with van der Waals surface area (Å²) in [5, 5.41) is 10.7. The summed E-state index contributed by atoms with van der Waals surface area (Å²) in [4.78, 5) is 10.3. The lowest BCUT2D eigenvalue weighted by atomic mass is 10.2. The summed E-state index contributed by atoms with van der Waals surface area (Å²) in [6.07, 6.45) is -1.06. The molecule has 21 heavy (non-hydrogen) atoms. The summed E-state index contributed by atoms with van der Waals surface area (Å²) in [6, 6.07) is 15.0. The monoisotopic (exact) mass is 287 g/mol. The number of rotatable bonds is 6. The minimum Gasteiger partial charge on any atom is -0.492 e. The summed E-state index contributed by atoms with van der Waals surface area (Å²) < 4.78 is 11.1. The van der Waals surface area contributed by atoms with Gasteiger partial charge in [-0.2, -0.15) is 0 Å². The molecule has 0 saturated carbocycles. The van der Waals surface area contributed by atoms with Gasteiger partial charge in [-0.05, 0) is 43.3 Å². The van der Waals surface area contributed by atoms with Crippen LogP contribution in [-0.4, -0.2) is 24.4 Å². The number of ether oxygens (including phenoxy) is 2. The largest absolute Gasteiger partial charge is 0.492 e. The van der Waals surface area contributed by atoms with Crippen molar-refractivity contribution in [3.05, 3.63) is 54.1 Å². The van der Waals surface area contributed by atoms with E-state index in [1.54, 1.807) is 24.3 Å². The van der Waals surface area contributed by atoms with Crippen molar-refractivity contribution in [2.24, 2.45) is 0 Å². The molecule has 0 radical (unpaired) electrons. The Bertz CT molecular complexity index is 578. The molecule has 2 rings (SSSR count). The van der Waals surface area contributed by atoms with Gasteiger partial charge < -0.3 is 19.9 Å². The van der Waals surface area contributed by atoms with Crippen molar-refractivity contribution in [3.8, 4) is 17.2 Å². The molecule has 2 aromatic rings. The lowest BCUT2D eigenvalue weighted by molar-refractivity contribution is 0.191. The van der Waals surface area contributed by atoms with Gasteiger partial charge in [0.2, 0.25) is 0 Å². The van der Waals surface area contributed by atoms with Gasteiger partial charge in [0.1, 0.15) is 23.9 Å². The number of hydrogen-bond acceptors (Lipinski definition) is 3. The van der Waals surface area contributed by atoms with Crippen molar-refractivity contribution in [1.29, 1.82) is 0 Å². The smallest absolute Gasteiger partial charge is 0.404 e. The van der Waals surface area contributed by atoms with E-state index >= 15 is 0 Å². The van der Waals surface area contributed by atoms with Crippen molar-refractivity contribution >= 4 is 6.09 Å². The Labute approximate surface area is 123 Å². The molecular weight excluding hydrogens is 270 g/mol. The van der Waals surface area contributed by atoms with Gasteiger partial charge in [0.15, 0.2) is 0 Å². The van der Waals surface area contributed by atoms with Crippen LogP contribution < -0.4 is 14.8 Å². The number of hydrogen-bond donors (Lipinski definition) is 2. The summed E-state index contributed by atoms with van der Waals surface area (Å²) in [5.74, 6) is 2.16. The average Bonchev–Trinajstić information content (AvgIpc) is 2.47. The molecule has 2 N–H and O–H groups in total. The van der Waals surface area contributed by atoms with Crippen LogP contribution in [0.2, 0.25) is 0 Å². The molecule has 0 spiro atoms. The van der Waals surface area contributed by atoms with Crippen LogP contribution in [0.3, 0.4) is 0 Å². The Hall–Kier alpha value is -2.69. The highest BCUT2D eigenvalue weighted by molar-refractivity contribution is 5.64. The first kappa shape index (κ1) is 14.7. The van der Waals surface area contributed by atoms with Crippen LogP contribution in [0.1, 0.15) is 5.56 Å². The van der Waals surface area contributed by atoms with Gasteiger partial charge in [0.05, 0.1) is 6.54 Å². The molecule has 0 aliphatic heterocycles. The van der Waals surface area contributed by atoms with Crippen LogP contribution >= 0.6 is 0 Å². The van der Waals surface area contributed by atoms with E-state index in [2.05, 4.69) is 5.32 Å². The fraction of sp³-hybridized carbons (Fsp3) is 0.188. The lowest BCUT2D eigenvalue weighted by Crippen LogP contribution is -2.26. The highest BCUT2D eigenvalue weighted by Crippen LogP contribution is 2.23. The van der Waals surface area contributed by atoms with Gasteiger partial charge in [-0.25, -0.2) is 4.79 Å². The second-order valence-electron chi connectivity index (χ2n) is 4.47. The first-order valence-electron chi connectivity index (χ1n) is 6.58. The number of nitrogens with one attached hydrogen (secondary N) is 1. The van der Waals surface area contributed by atoms with Crippen LogP contribution in [-0.2, 0) is 0 Å². The van der Waals surface area contributed by atoms with Crippen LogP contribution in [0.4, 0.5) is 4.79 Å². The zero-order valence-electron chi connectivity index (χ0n) is 11.7. The number of amides is 1. The number of benzene rings is 2. The van der Waals surface area contributed by atoms with E-state index in [-0.39, 0.29) is 13.2 Å². The third-order valence-corrected chi connectivity index (χ3v) is 2.73. The normalized spacial score (nSPS) is 9.95. The molecule has 5 nitrogen and oxygen atoms in total. The van der Waals surface area contributed by atoms with Crippen LogP contribution in [0.5, 0.6) is 17.2 Å². The zero-order chi connectivity index (χ0) is 15.1. The maximum absolute atomic E-state index is 10.3. The summed E-state index contributed by atoms with van der Waals surface area (Å²) in [5.41, 5.74) is 1.18. The highest BCUT2D eigenvalue weighted by Gasteiger charge is 1.99. The fourth-order valence-electron chi connectivity index (χ4n) is 1.67. The first-order chi connectivity index (χ1) is 10.1. The molecule has 5 heteroatoms. The predicted molar refractivity (Wildman–Crippen MR) is 79.2 cm³/mol. The molecule has 0 bridgehead atoms. The minimum atomic E-state index is -1.06. The zero-order valence-corrected chi connectivity index (χ0v) is 11.7. The Morgan fingerprint density at radius 3 is 2.10 bits per heavy atom. The second kappa shape index (κ2) is 7.19. The van der Waals surface area contributed by atoms with E-state index in [1.807, 2.05) is 31.2 Å². The maximum Gasteiger partial charge on any atom is 0.404 e. The topological polar surface area (TPSA) is 67.8 Å². The quantitative estimate of drug-likeness (QED) is 0.799. The average molecular weight is 287 g/mol. The van der Waals surface area contributed by atoms with Crippen molar-refractivity contribution in [2.45, 2.75) is 6.92 Å². The minimum absolute atomic E-state index is 0.247. The van der Waals surface area contributed by atoms with Gasteiger partial charge in [0, 0.05) is 0 Å². The van der Waals surface area contributed by atoms with E-state index in [9.17, 15) is 4.79 Å². The van der Waals surface area contributed by atoms with E-state index < -0.39 is 6.09 Å². The SMILES string of the molecule is Cc1ccc(Oc2ccc(OCCNC(=O)O)cc2)cc1. The van der Waals surface area contributed by atoms with E-state index in [0.717, 1.165) is 11.5 Å². The molecule has 0 aliphatic rings. The van der Waals surface area contributed by atoms with Crippen LogP contribution in [0.25, 0.3) is 0 Å². The highest BCUT2D eigenvalue weighted by atomic mass is 16.5. The molecule has 0 saturated heterocycles. The van der Waals surface area contributed by atoms with Gasteiger partial charge in [-0.3, -0.25) is 0 Å². The molecule has 0 atom stereocenters. The number of carboxylic acid groups (broad SMARTS) is 1. The molecule has 2 aromatic carbocycles. The lowest BCUT2D eigenvalue weighted by Gasteiger charge is -2.08. The molecule has 110 valence electrons. The molecule has 0 unspecified atom stereocenters. The third-order valence-electron chi connectivity index (χ3n) is 2.73. The van der Waals surface area contributed by atoms with Gasteiger partial charge in [-0.1, -0.05) is 17.7 Å². The Balaban J connectivity index is 1.84. The molecule has 1 amide bonds. The fourth-order valence-corrected chi connectivity index (χ4v) is 1.67. The van der Waals surface area contributed by atoms with Crippen LogP contribution in [0.15, 0.2) is 48.5 Å². The first-order valence-corrected chi connectivity index (χ1v) is 6.58. The van der Waals surface area contributed by atoms with Crippen molar-refractivity contribution in [1.82, 2.24) is 5.32 Å². The molecule has 0 aromatic heterocycles. The summed E-state index contributed by atoms with van der Waals surface area (Å²) in [6.45, 7) is 2.55. The van der Waals surface area contributed by atoms with Gasteiger partial charge >= 0.3 is 6.09 Å². The number of carbonyl (C=O) groups is 1. The predicted octanol–water partition coefficient (Wildman–Crippen LogP) is 3.43. The Morgan fingerprint density at radius 1 is 1.00 bits per heavy atom. The van der Waals surface area contributed by atoms with Crippen LogP contribution in [0, 0.1) is 6.92 Å². The maximum atomic E-state index is 10.3. The second-order valence-corrected chi connectivity index (χ2v) is 4.47. The number of aryl methyl sites for hydroxylation is 1. The molecule has 0 fully saturated rings. The molecule has 0 aliphatic carbocycles. The van der Waals surface area contributed by atoms with Crippen molar-refractivity contribution in [2.75, 3.05) is 13.2 Å². The Morgan fingerprint density at radius 2 is 1.52 bits per heavy atom. The van der Waals surface area contributed by atoms with E-state index in [4.69, 9.17) is 14.6 Å². The van der Waals surface area contributed by atoms with E-state index in [1.165, 1.54) is 5.56 Å². The molecular formula is C16H17NO4. The van der Waals surface area contributed by atoms with Crippen molar-refractivity contribution in [3.63, 3.8) is 0 Å². The third kappa shape index (κ3) is 5.06.